The average Bonchev–Trinajstić information content (AvgIpc) is 2.27. The molecule has 1 aromatic carbocycles. The summed E-state index contributed by atoms with van der Waals surface area (Å²) < 4.78 is 13.4. The Kier molecular flexibility index (Phi) is 4.49. The molecule has 0 unspecified atom stereocenters. The van der Waals surface area contributed by atoms with Gasteiger partial charge in [-0.15, -0.1) is 0 Å². The van der Waals surface area contributed by atoms with Gasteiger partial charge in [-0.05, 0) is 28.1 Å². The Labute approximate surface area is 127 Å². The van der Waals surface area contributed by atoms with Crippen LogP contribution in [0.2, 0.25) is 5.02 Å². The van der Waals surface area contributed by atoms with E-state index in [0.717, 1.165) is 6.07 Å². The highest BCUT2D eigenvalue weighted by Crippen LogP contribution is 2.32. The van der Waals surface area contributed by atoms with Gasteiger partial charge in [-0.1, -0.05) is 11.6 Å². The van der Waals surface area contributed by atoms with E-state index in [0.29, 0.717) is 23.2 Å². The third-order valence-electron chi connectivity index (χ3n) is 2.95. The number of rotatable bonds is 3. The van der Waals surface area contributed by atoms with Crippen LogP contribution >= 0.6 is 27.5 Å². The number of carbonyl (C=O) groups excluding carboxylic acids is 1. The van der Waals surface area contributed by atoms with Crippen LogP contribution in [0.5, 0.6) is 0 Å². The summed E-state index contributed by atoms with van der Waals surface area (Å²) in [5.41, 5.74) is 0.291. The number of benzene rings is 1. The molecule has 0 aliphatic carbocycles. The van der Waals surface area contributed by atoms with Crippen molar-refractivity contribution in [3.8, 4) is 0 Å². The first kappa shape index (κ1) is 15.1. The highest BCUT2D eigenvalue weighted by Gasteiger charge is 2.32. The topological polar surface area (TPSA) is 69.6 Å². The smallest absolute Gasteiger partial charge is 0.321 e. The van der Waals surface area contributed by atoms with Crippen LogP contribution in [-0.2, 0) is 4.79 Å². The molecule has 2 rings (SSSR count). The predicted octanol–water partition coefficient (Wildman–Crippen LogP) is 3.18. The summed E-state index contributed by atoms with van der Waals surface area (Å²) in [7, 11) is 0. The van der Waals surface area contributed by atoms with Crippen molar-refractivity contribution in [3.63, 3.8) is 0 Å². The monoisotopic (exact) mass is 364 g/mol. The van der Waals surface area contributed by atoms with Crippen LogP contribution in [0.4, 0.5) is 14.9 Å². The molecule has 1 aliphatic rings. The third kappa shape index (κ3) is 3.40. The first-order valence-electron chi connectivity index (χ1n) is 5.79. The van der Waals surface area contributed by atoms with Gasteiger partial charge in [-0.25, -0.2) is 9.18 Å². The number of nitrogens with zero attached hydrogens (tertiary/aromatic N) is 1. The van der Waals surface area contributed by atoms with Gasteiger partial charge in [0.25, 0.3) is 0 Å². The molecule has 5 nitrogen and oxygen atoms in total. The fraction of sp³-hybridized carbons (Fsp3) is 0.333. The van der Waals surface area contributed by atoms with Crippen LogP contribution in [0.3, 0.4) is 0 Å². The Morgan fingerprint density at radius 2 is 2.15 bits per heavy atom. The number of aliphatic carboxylic acids is 1. The lowest BCUT2D eigenvalue weighted by Crippen LogP contribution is -2.52. The number of carboxylic acids is 1. The average molecular weight is 366 g/mol. The zero-order valence-corrected chi connectivity index (χ0v) is 12.5. The van der Waals surface area contributed by atoms with Crippen molar-refractivity contribution in [3.05, 3.63) is 27.4 Å². The molecular weight excluding hydrogens is 354 g/mol. The van der Waals surface area contributed by atoms with Gasteiger partial charge in [-0.2, -0.15) is 0 Å². The van der Waals surface area contributed by atoms with Crippen molar-refractivity contribution in [2.75, 3.05) is 18.4 Å². The van der Waals surface area contributed by atoms with Crippen LogP contribution in [0.25, 0.3) is 0 Å². The van der Waals surface area contributed by atoms with Crippen molar-refractivity contribution in [1.29, 1.82) is 0 Å². The van der Waals surface area contributed by atoms with E-state index in [9.17, 15) is 14.0 Å². The van der Waals surface area contributed by atoms with Crippen molar-refractivity contribution >= 4 is 45.2 Å². The second-order valence-electron chi connectivity index (χ2n) is 4.54. The summed E-state index contributed by atoms with van der Waals surface area (Å²) in [6.07, 6.45) is 0.0464. The number of amides is 2. The van der Waals surface area contributed by atoms with E-state index in [1.165, 1.54) is 11.0 Å². The van der Waals surface area contributed by atoms with Crippen LogP contribution in [0.15, 0.2) is 16.6 Å². The molecule has 8 heteroatoms. The molecule has 1 saturated heterocycles. The first-order valence-corrected chi connectivity index (χ1v) is 6.96. The van der Waals surface area contributed by atoms with E-state index in [1.54, 1.807) is 0 Å². The second kappa shape index (κ2) is 5.97. The lowest BCUT2D eigenvalue weighted by Gasteiger charge is -2.38. The molecule has 20 heavy (non-hydrogen) atoms. The minimum atomic E-state index is -0.876. The highest BCUT2D eigenvalue weighted by molar-refractivity contribution is 9.10. The summed E-state index contributed by atoms with van der Waals surface area (Å²) >= 11 is 8.99. The fourth-order valence-corrected chi connectivity index (χ4v) is 2.86. The van der Waals surface area contributed by atoms with Gasteiger partial charge in [0, 0.05) is 23.5 Å². The maximum Gasteiger partial charge on any atom is 0.321 e. The molecule has 0 spiro atoms. The van der Waals surface area contributed by atoms with Crippen LogP contribution < -0.4 is 5.32 Å². The third-order valence-corrected chi connectivity index (χ3v) is 3.87. The molecule has 1 aliphatic heterocycles. The summed E-state index contributed by atoms with van der Waals surface area (Å²) in [6, 6.07) is 1.91. The lowest BCUT2D eigenvalue weighted by molar-refractivity contribution is -0.139. The van der Waals surface area contributed by atoms with E-state index in [4.69, 9.17) is 16.7 Å². The Hall–Kier alpha value is -1.34. The molecule has 0 aromatic heterocycles. The number of likely N-dealkylation sites (tertiary alicyclic amines) is 1. The number of urea groups is 1. The van der Waals surface area contributed by atoms with Gasteiger partial charge >= 0.3 is 12.0 Å². The van der Waals surface area contributed by atoms with Crippen molar-refractivity contribution in [1.82, 2.24) is 4.90 Å². The van der Waals surface area contributed by atoms with Crippen molar-refractivity contribution < 1.29 is 19.1 Å². The molecule has 1 heterocycles. The number of hydrogen-bond acceptors (Lipinski definition) is 2. The standard InChI is InChI=1S/C12H11BrClFN2O3/c13-8-2-7(15)3-9(14)11(8)16-12(20)17-4-6(5-17)1-10(18)19/h2-3,6H,1,4-5H2,(H,16,20)(H,18,19). The van der Waals surface area contributed by atoms with Crippen molar-refractivity contribution in [2.24, 2.45) is 5.92 Å². The molecule has 2 amide bonds. The first-order chi connectivity index (χ1) is 9.36. The molecule has 0 saturated carbocycles. The number of halogens is 3. The Balaban J connectivity index is 1.95. The highest BCUT2D eigenvalue weighted by atomic mass is 79.9. The van der Waals surface area contributed by atoms with Crippen molar-refractivity contribution in [2.45, 2.75) is 6.42 Å². The summed E-state index contributed by atoms with van der Waals surface area (Å²) in [4.78, 5) is 23.9. The van der Waals surface area contributed by atoms with E-state index in [1.807, 2.05) is 0 Å². The van der Waals surface area contributed by atoms with Gasteiger partial charge in [0.2, 0.25) is 0 Å². The molecule has 0 bridgehead atoms. The quantitative estimate of drug-likeness (QED) is 0.864. The van der Waals surface area contributed by atoms with E-state index >= 15 is 0 Å². The molecule has 2 N–H and O–H groups in total. The van der Waals surface area contributed by atoms with E-state index < -0.39 is 11.8 Å². The van der Waals surface area contributed by atoms with Gasteiger partial charge in [0.05, 0.1) is 17.1 Å². The minimum Gasteiger partial charge on any atom is -0.481 e. The molecule has 1 fully saturated rings. The fourth-order valence-electron chi connectivity index (χ4n) is 1.96. The lowest BCUT2D eigenvalue weighted by atomic mass is 9.97. The number of nitrogens with one attached hydrogen (secondary N) is 1. The summed E-state index contributed by atoms with van der Waals surface area (Å²) in [6.45, 7) is 0.767. The Morgan fingerprint density at radius 1 is 1.50 bits per heavy atom. The van der Waals surface area contributed by atoms with Crippen LogP contribution in [0.1, 0.15) is 6.42 Å². The summed E-state index contributed by atoms with van der Waals surface area (Å²) in [5.74, 6) is -1.41. The van der Waals surface area contributed by atoms with Gasteiger partial charge in [0.15, 0.2) is 0 Å². The number of hydrogen-bond donors (Lipinski definition) is 2. The maximum atomic E-state index is 13.1. The number of carboxylic acid groups (broad SMARTS) is 1. The Morgan fingerprint density at radius 3 is 2.70 bits per heavy atom. The van der Waals surface area contributed by atoms with Gasteiger partial charge < -0.3 is 15.3 Å². The van der Waals surface area contributed by atoms with Crippen LogP contribution in [0, 0.1) is 11.7 Å². The molecule has 0 radical (unpaired) electrons. The zero-order chi connectivity index (χ0) is 14.9. The van der Waals surface area contributed by atoms with E-state index in [-0.39, 0.29) is 23.4 Å². The SMILES string of the molecule is O=C(O)CC1CN(C(=O)Nc2c(Cl)cc(F)cc2Br)C1. The number of carbonyl (C=O) groups is 2. The minimum absolute atomic E-state index is 0.0228. The maximum absolute atomic E-state index is 13.1. The molecule has 0 atom stereocenters. The molecule has 108 valence electrons. The zero-order valence-electron chi connectivity index (χ0n) is 10.2. The molecular formula is C12H11BrClFN2O3. The van der Waals surface area contributed by atoms with Gasteiger partial charge in [-0.3, -0.25) is 4.79 Å². The predicted molar refractivity (Wildman–Crippen MR) is 75.4 cm³/mol. The van der Waals surface area contributed by atoms with Gasteiger partial charge in [0.1, 0.15) is 5.82 Å². The molecule has 1 aromatic rings. The summed E-state index contributed by atoms with van der Waals surface area (Å²) in [5, 5.41) is 11.3. The largest absolute Gasteiger partial charge is 0.481 e. The second-order valence-corrected chi connectivity index (χ2v) is 5.80. The van der Waals surface area contributed by atoms with Crippen LogP contribution in [-0.4, -0.2) is 35.1 Å². The normalized spacial score (nSPS) is 14.8. The van der Waals surface area contributed by atoms with E-state index in [2.05, 4.69) is 21.2 Å². The number of anilines is 1. The Bertz CT molecular complexity index is 541.